The predicted molar refractivity (Wildman–Crippen MR) is 177 cm³/mol. The Morgan fingerprint density at radius 3 is 2.43 bits per heavy atom. The topological polar surface area (TPSA) is 79.6 Å². The van der Waals surface area contributed by atoms with Crippen molar-refractivity contribution in [1.29, 1.82) is 5.26 Å². The van der Waals surface area contributed by atoms with Gasteiger partial charge in [-0.1, -0.05) is 78.5 Å². The van der Waals surface area contributed by atoms with Gasteiger partial charge in [0.25, 0.3) is 5.91 Å². The van der Waals surface area contributed by atoms with Crippen LogP contribution in [0.2, 0.25) is 10.0 Å². The van der Waals surface area contributed by atoms with Crippen LogP contribution in [-0.4, -0.2) is 48.1 Å². The molecule has 224 valence electrons. The van der Waals surface area contributed by atoms with Crippen LogP contribution in [0, 0.1) is 11.3 Å². The maximum absolute atomic E-state index is 13.3. The number of piperazine rings is 1. The van der Waals surface area contributed by atoms with E-state index in [0.717, 1.165) is 53.6 Å². The summed E-state index contributed by atoms with van der Waals surface area (Å²) in [5.41, 5.74) is 5.36. The van der Waals surface area contributed by atoms with Gasteiger partial charge in [-0.3, -0.25) is 9.69 Å². The number of nitriles is 1. The molecule has 1 saturated heterocycles. The van der Waals surface area contributed by atoms with Crippen LogP contribution < -0.4 is 10.2 Å². The molecule has 6 rings (SSSR count). The van der Waals surface area contributed by atoms with Crippen molar-refractivity contribution >= 4 is 34.8 Å². The number of anilines is 1. The van der Waals surface area contributed by atoms with Gasteiger partial charge in [-0.25, -0.2) is 0 Å². The Labute approximate surface area is 268 Å². The van der Waals surface area contributed by atoms with E-state index >= 15 is 0 Å². The number of amides is 1. The highest BCUT2D eigenvalue weighted by Gasteiger charge is 2.30. The Bertz CT molecular complexity index is 1700. The molecule has 8 heteroatoms. The molecule has 0 radical (unpaired) electrons. The number of carbonyl (C=O) groups is 1. The first kappa shape index (κ1) is 30.0. The average Bonchev–Trinajstić information content (AvgIpc) is 3.57. The lowest BCUT2D eigenvalue weighted by Gasteiger charge is -2.41. The minimum absolute atomic E-state index is 0.0705. The lowest BCUT2D eigenvalue weighted by molar-refractivity contribution is 0.0937. The molecule has 1 unspecified atom stereocenters. The van der Waals surface area contributed by atoms with Gasteiger partial charge in [-0.05, 0) is 72.0 Å². The maximum atomic E-state index is 13.3. The third kappa shape index (κ3) is 6.27. The van der Waals surface area contributed by atoms with Gasteiger partial charge in [-0.2, -0.15) is 5.26 Å². The monoisotopic (exact) mass is 624 g/mol. The third-order valence-corrected chi connectivity index (χ3v) is 9.60. The van der Waals surface area contributed by atoms with Crippen molar-refractivity contribution in [3.63, 3.8) is 0 Å². The smallest absolute Gasteiger partial charge is 0.251 e. The summed E-state index contributed by atoms with van der Waals surface area (Å²) in [6.45, 7) is 2.78. The molecular weight excluding hydrogens is 591 g/mol. The number of halogens is 2. The second-order valence-corrected chi connectivity index (χ2v) is 12.3. The summed E-state index contributed by atoms with van der Waals surface area (Å²) in [6.07, 6.45) is 4.31. The van der Waals surface area contributed by atoms with Crippen molar-refractivity contribution in [3.05, 3.63) is 117 Å². The zero-order valence-electron chi connectivity index (χ0n) is 24.3. The Kier molecular flexibility index (Phi) is 9.09. The van der Waals surface area contributed by atoms with Gasteiger partial charge < -0.3 is 15.3 Å². The van der Waals surface area contributed by atoms with Crippen LogP contribution >= 0.6 is 23.2 Å². The molecule has 4 aromatic rings. The molecule has 1 amide bonds. The van der Waals surface area contributed by atoms with Crippen LogP contribution in [0.1, 0.15) is 58.8 Å². The third-order valence-electron chi connectivity index (χ3n) is 8.79. The van der Waals surface area contributed by atoms with Crippen LogP contribution in [-0.2, 0) is 0 Å². The molecule has 2 aliphatic rings. The first-order valence-corrected chi connectivity index (χ1v) is 15.8. The van der Waals surface area contributed by atoms with Crippen molar-refractivity contribution in [2.24, 2.45) is 0 Å². The molecule has 0 aromatic heterocycles. The van der Waals surface area contributed by atoms with E-state index in [4.69, 9.17) is 23.2 Å². The molecule has 1 aliphatic heterocycles. The molecule has 4 aromatic carbocycles. The number of hydrogen-bond donors (Lipinski definition) is 2. The SMILES string of the molecule is N#Cc1ccccc1-c1ccc(O)c(C(c2cccc(C(=O)NC3CCCC3)c2)N2CCN(c3cccc(Cl)c3Cl)CC2)c1. The number of phenols is 1. The van der Waals surface area contributed by atoms with Crippen molar-refractivity contribution in [3.8, 4) is 22.9 Å². The Morgan fingerprint density at radius 1 is 0.909 bits per heavy atom. The van der Waals surface area contributed by atoms with Gasteiger partial charge in [0, 0.05) is 43.3 Å². The largest absolute Gasteiger partial charge is 0.508 e. The van der Waals surface area contributed by atoms with Crippen LogP contribution in [0.3, 0.4) is 0 Å². The summed E-state index contributed by atoms with van der Waals surface area (Å²) in [5.74, 6) is 0.0909. The molecule has 1 atom stereocenters. The van der Waals surface area contributed by atoms with E-state index in [0.29, 0.717) is 47.4 Å². The van der Waals surface area contributed by atoms with Gasteiger partial charge >= 0.3 is 0 Å². The zero-order valence-corrected chi connectivity index (χ0v) is 25.9. The maximum Gasteiger partial charge on any atom is 0.251 e. The molecular formula is C36H34Cl2N4O2. The highest BCUT2D eigenvalue weighted by atomic mass is 35.5. The van der Waals surface area contributed by atoms with E-state index in [1.165, 1.54) is 0 Å². The Hall–Kier alpha value is -4.02. The van der Waals surface area contributed by atoms with Gasteiger partial charge in [0.15, 0.2) is 0 Å². The van der Waals surface area contributed by atoms with E-state index in [-0.39, 0.29) is 23.7 Å². The molecule has 1 saturated carbocycles. The predicted octanol–water partition coefficient (Wildman–Crippen LogP) is 7.82. The fourth-order valence-corrected chi connectivity index (χ4v) is 6.92. The number of rotatable bonds is 7. The van der Waals surface area contributed by atoms with Crippen molar-refractivity contribution in [2.75, 3.05) is 31.1 Å². The number of phenolic OH excluding ortho intramolecular Hbond substituents is 1. The number of carbonyl (C=O) groups excluding carboxylic acids is 1. The van der Waals surface area contributed by atoms with Crippen molar-refractivity contribution in [2.45, 2.75) is 37.8 Å². The molecule has 44 heavy (non-hydrogen) atoms. The van der Waals surface area contributed by atoms with Crippen molar-refractivity contribution < 1.29 is 9.90 Å². The first-order valence-electron chi connectivity index (χ1n) is 15.1. The lowest BCUT2D eigenvalue weighted by Crippen LogP contribution is -2.48. The molecule has 1 aliphatic carbocycles. The minimum Gasteiger partial charge on any atom is -0.508 e. The first-order chi connectivity index (χ1) is 21.4. The zero-order chi connectivity index (χ0) is 30.6. The van der Waals surface area contributed by atoms with E-state index in [1.807, 2.05) is 66.7 Å². The summed E-state index contributed by atoms with van der Waals surface area (Å²) in [4.78, 5) is 17.8. The minimum atomic E-state index is -0.333. The Morgan fingerprint density at radius 2 is 1.66 bits per heavy atom. The normalized spacial score (nSPS) is 16.4. The second kappa shape index (κ2) is 13.3. The number of nitrogens with one attached hydrogen (secondary N) is 1. The number of benzene rings is 4. The van der Waals surface area contributed by atoms with Crippen LogP contribution in [0.4, 0.5) is 5.69 Å². The van der Waals surface area contributed by atoms with E-state index in [2.05, 4.69) is 21.2 Å². The molecule has 0 bridgehead atoms. The van der Waals surface area contributed by atoms with Crippen molar-refractivity contribution in [1.82, 2.24) is 10.2 Å². The highest BCUT2D eigenvalue weighted by Crippen LogP contribution is 2.40. The van der Waals surface area contributed by atoms with Crippen LogP contribution in [0.25, 0.3) is 11.1 Å². The van der Waals surface area contributed by atoms with E-state index < -0.39 is 0 Å². The number of nitrogens with zero attached hydrogens (tertiary/aromatic N) is 3. The Balaban J connectivity index is 1.37. The quantitative estimate of drug-likeness (QED) is 0.219. The van der Waals surface area contributed by atoms with Gasteiger partial charge in [0.2, 0.25) is 0 Å². The summed E-state index contributed by atoms with van der Waals surface area (Å²) < 4.78 is 0. The standard InChI is InChI=1S/C36H34Cl2N4O2/c37-31-13-6-14-32(34(31)38)41-17-19-42(20-18-41)35(25-8-5-9-26(21-25)36(44)40-28-10-2-3-11-28)30-22-24(15-16-33(30)43)29-12-4-1-7-27(29)23-39/h1,4-9,12-16,21-22,28,35,43H,2-3,10-11,17-20H2,(H,40,44). The van der Waals surface area contributed by atoms with Gasteiger partial charge in [-0.15, -0.1) is 0 Å². The summed E-state index contributed by atoms with van der Waals surface area (Å²) in [7, 11) is 0. The van der Waals surface area contributed by atoms with E-state index in [1.54, 1.807) is 18.2 Å². The van der Waals surface area contributed by atoms with Crippen LogP contribution in [0.5, 0.6) is 5.75 Å². The molecule has 1 heterocycles. The second-order valence-electron chi connectivity index (χ2n) is 11.5. The molecule has 0 spiro atoms. The lowest BCUT2D eigenvalue weighted by atomic mass is 9.90. The average molecular weight is 626 g/mol. The number of hydrogen-bond acceptors (Lipinski definition) is 5. The molecule has 6 nitrogen and oxygen atoms in total. The van der Waals surface area contributed by atoms with Crippen LogP contribution in [0.15, 0.2) is 84.9 Å². The summed E-state index contributed by atoms with van der Waals surface area (Å²) >= 11 is 12.9. The van der Waals surface area contributed by atoms with Gasteiger partial charge in [0.1, 0.15) is 5.75 Å². The fourth-order valence-electron chi connectivity index (χ4n) is 6.51. The van der Waals surface area contributed by atoms with Gasteiger partial charge in [0.05, 0.1) is 33.4 Å². The molecule has 2 fully saturated rings. The summed E-state index contributed by atoms with van der Waals surface area (Å²) in [5, 5.41) is 25.4. The summed E-state index contributed by atoms with van der Waals surface area (Å²) in [6, 6.07) is 28.6. The fraction of sp³-hybridized carbons (Fsp3) is 0.278. The highest BCUT2D eigenvalue weighted by molar-refractivity contribution is 6.43. The number of aromatic hydroxyl groups is 1. The van der Waals surface area contributed by atoms with E-state index in [9.17, 15) is 15.2 Å². The molecule has 2 N–H and O–H groups in total.